The zero-order valence-electron chi connectivity index (χ0n) is 12.3. The van der Waals surface area contributed by atoms with Gasteiger partial charge in [0.05, 0.1) is 12.5 Å². The summed E-state index contributed by atoms with van der Waals surface area (Å²) in [6.45, 7) is 6.18. The smallest absolute Gasteiger partial charge is 0.321 e. The number of carboxylic acid groups (broad SMARTS) is 1. The summed E-state index contributed by atoms with van der Waals surface area (Å²) in [4.78, 5) is 13.5. The average molecular weight is 295 g/mol. The molecule has 2 atom stereocenters. The van der Waals surface area contributed by atoms with Gasteiger partial charge < -0.3 is 9.84 Å². The molecule has 110 valence electrons. The Bertz CT molecular complexity index is 481. The van der Waals surface area contributed by atoms with Crippen molar-refractivity contribution < 1.29 is 14.6 Å². The predicted molar refractivity (Wildman–Crippen MR) is 81.2 cm³/mol. The molecule has 1 N–H and O–H groups in total. The van der Waals surface area contributed by atoms with E-state index in [4.69, 9.17) is 4.74 Å². The summed E-state index contributed by atoms with van der Waals surface area (Å²) in [7, 11) is 1.64. The van der Waals surface area contributed by atoms with Gasteiger partial charge >= 0.3 is 5.97 Å². The minimum absolute atomic E-state index is 0.0713. The van der Waals surface area contributed by atoms with Gasteiger partial charge in [0.25, 0.3) is 0 Å². The van der Waals surface area contributed by atoms with Crippen LogP contribution in [0.25, 0.3) is 0 Å². The van der Waals surface area contributed by atoms with Crippen LogP contribution >= 0.6 is 11.8 Å². The highest BCUT2D eigenvalue weighted by atomic mass is 32.2. The lowest BCUT2D eigenvalue weighted by Gasteiger charge is -2.39. The SMILES string of the molecule is COc1ccc([C@H]2SC[C@@H](C(=O)O)N2C(C)(C)C)cc1. The Kier molecular flexibility index (Phi) is 4.30. The third-order valence-corrected chi connectivity index (χ3v) is 4.78. The number of carbonyl (C=O) groups is 1. The summed E-state index contributed by atoms with van der Waals surface area (Å²) >= 11 is 1.68. The summed E-state index contributed by atoms with van der Waals surface area (Å²) in [6, 6.07) is 7.43. The number of thioether (sulfide) groups is 1. The van der Waals surface area contributed by atoms with Crippen molar-refractivity contribution in [2.75, 3.05) is 12.9 Å². The molecule has 0 saturated carbocycles. The normalized spacial score (nSPS) is 23.8. The molecule has 1 aromatic carbocycles. The molecular weight excluding hydrogens is 274 g/mol. The van der Waals surface area contributed by atoms with Crippen LogP contribution < -0.4 is 4.74 Å². The fourth-order valence-corrected chi connectivity index (χ4v) is 4.18. The first-order valence-corrected chi connectivity index (χ1v) is 7.66. The minimum Gasteiger partial charge on any atom is -0.497 e. The van der Waals surface area contributed by atoms with E-state index < -0.39 is 12.0 Å². The van der Waals surface area contributed by atoms with E-state index in [0.29, 0.717) is 5.75 Å². The monoisotopic (exact) mass is 295 g/mol. The van der Waals surface area contributed by atoms with Gasteiger partial charge in [0.1, 0.15) is 11.8 Å². The molecule has 0 amide bonds. The van der Waals surface area contributed by atoms with E-state index in [2.05, 4.69) is 25.7 Å². The Balaban J connectivity index is 2.31. The van der Waals surface area contributed by atoms with E-state index >= 15 is 0 Å². The predicted octanol–water partition coefficient (Wildman–Crippen LogP) is 2.99. The number of hydrogen-bond acceptors (Lipinski definition) is 4. The highest BCUT2D eigenvalue weighted by molar-refractivity contribution is 7.99. The Morgan fingerprint density at radius 2 is 1.95 bits per heavy atom. The molecule has 1 heterocycles. The second-order valence-corrected chi connectivity index (χ2v) is 7.00. The third kappa shape index (κ3) is 2.94. The summed E-state index contributed by atoms with van der Waals surface area (Å²) in [5.74, 6) is 0.681. The molecule has 0 aromatic heterocycles. The van der Waals surface area contributed by atoms with Crippen LogP contribution in [0, 0.1) is 0 Å². The maximum absolute atomic E-state index is 11.5. The van der Waals surface area contributed by atoms with Crippen LogP contribution in [0.15, 0.2) is 24.3 Å². The summed E-state index contributed by atoms with van der Waals surface area (Å²) in [6.07, 6.45) is 0. The molecule has 1 fully saturated rings. The van der Waals surface area contributed by atoms with Crippen LogP contribution in [0.4, 0.5) is 0 Å². The van der Waals surface area contributed by atoms with Gasteiger partial charge in [-0.3, -0.25) is 9.69 Å². The van der Waals surface area contributed by atoms with E-state index in [-0.39, 0.29) is 10.9 Å². The molecule has 1 aliphatic rings. The van der Waals surface area contributed by atoms with Gasteiger partial charge in [0.15, 0.2) is 0 Å². The molecule has 1 aromatic rings. The van der Waals surface area contributed by atoms with Crippen molar-refractivity contribution >= 4 is 17.7 Å². The molecule has 1 saturated heterocycles. The quantitative estimate of drug-likeness (QED) is 0.929. The van der Waals surface area contributed by atoms with Crippen LogP contribution in [-0.2, 0) is 4.79 Å². The fourth-order valence-electron chi connectivity index (χ4n) is 2.54. The van der Waals surface area contributed by atoms with Crippen LogP contribution in [-0.4, -0.2) is 40.4 Å². The Labute approximate surface area is 124 Å². The number of nitrogens with zero attached hydrogens (tertiary/aromatic N) is 1. The molecule has 5 heteroatoms. The first-order chi connectivity index (χ1) is 9.34. The first-order valence-electron chi connectivity index (χ1n) is 6.61. The maximum Gasteiger partial charge on any atom is 0.321 e. The maximum atomic E-state index is 11.5. The van der Waals surface area contributed by atoms with Crippen molar-refractivity contribution in [2.45, 2.75) is 37.7 Å². The molecule has 0 aliphatic carbocycles. The zero-order chi connectivity index (χ0) is 14.9. The van der Waals surface area contributed by atoms with E-state index in [1.165, 1.54) is 0 Å². The van der Waals surface area contributed by atoms with Crippen molar-refractivity contribution in [1.29, 1.82) is 0 Å². The lowest BCUT2D eigenvalue weighted by atomic mass is 10.0. The summed E-state index contributed by atoms with van der Waals surface area (Å²) in [5, 5.41) is 9.49. The molecule has 0 radical (unpaired) electrons. The summed E-state index contributed by atoms with van der Waals surface area (Å²) < 4.78 is 5.17. The number of carboxylic acids is 1. The fraction of sp³-hybridized carbons (Fsp3) is 0.533. The Hall–Kier alpha value is -1.20. The number of benzene rings is 1. The Morgan fingerprint density at radius 1 is 1.35 bits per heavy atom. The standard InChI is InChI=1S/C15H21NO3S/c1-15(2,3)16-12(14(17)18)9-20-13(16)10-5-7-11(19-4)8-6-10/h5-8,12-13H,9H2,1-4H3,(H,17,18)/t12-,13+/m0/s1. The second kappa shape index (κ2) is 5.66. The molecule has 1 aliphatic heterocycles. The summed E-state index contributed by atoms with van der Waals surface area (Å²) in [5.41, 5.74) is 0.923. The van der Waals surface area contributed by atoms with Gasteiger partial charge in [-0.25, -0.2) is 0 Å². The lowest BCUT2D eigenvalue weighted by Crippen LogP contribution is -2.49. The number of rotatable bonds is 3. The number of ether oxygens (including phenoxy) is 1. The number of hydrogen-bond donors (Lipinski definition) is 1. The molecule has 20 heavy (non-hydrogen) atoms. The van der Waals surface area contributed by atoms with Crippen molar-refractivity contribution in [3.63, 3.8) is 0 Å². The number of methoxy groups -OCH3 is 1. The van der Waals surface area contributed by atoms with E-state index in [1.54, 1.807) is 18.9 Å². The van der Waals surface area contributed by atoms with Gasteiger partial charge in [-0.05, 0) is 38.5 Å². The molecule has 0 unspecified atom stereocenters. The Morgan fingerprint density at radius 3 is 2.40 bits per heavy atom. The van der Waals surface area contributed by atoms with Gasteiger partial charge in [0.2, 0.25) is 0 Å². The van der Waals surface area contributed by atoms with E-state index in [9.17, 15) is 9.90 Å². The molecule has 0 bridgehead atoms. The molecule has 2 rings (SSSR count). The second-order valence-electron chi connectivity index (χ2n) is 5.89. The van der Waals surface area contributed by atoms with Crippen LogP contribution in [0.5, 0.6) is 5.75 Å². The highest BCUT2D eigenvalue weighted by Gasteiger charge is 2.44. The van der Waals surface area contributed by atoms with Crippen LogP contribution in [0.1, 0.15) is 31.7 Å². The topological polar surface area (TPSA) is 49.8 Å². The van der Waals surface area contributed by atoms with Crippen LogP contribution in [0.3, 0.4) is 0 Å². The average Bonchev–Trinajstić information content (AvgIpc) is 2.83. The lowest BCUT2D eigenvalue weighted by molar-refractivity contribution is -0.144. The van der Waals surface area contributed by atoms with Crippen molar-refractivity contribution in [2.24, 2.45) is 0 Å². The molecule has 0 spiro atoms. The van der Waals surface area contributed by atoms with Gasteiger partial charge in [0, 0.05) is 11.3 Å². The van der Waals surface area contributed by atoms with Crippen molar-refractivity contribution in [3.8, 4) is 5.75 Å². The molecular formula is C15H21NO3S. The van der Waals surface area contributed by atoms with Crippen molar-refractivity contribution in [3.05, 3.63) is 29.8 Å². The number of aliphatic carboxylic acids is 1. The zero-order valence-corrected chi connectivity index (χ0v) is 13.1. The van der Waals surface area contributed by atoms with Crippen LogP contribution in [0.2, 0.25) is 0 Å². The van der Waals surface area contributed by atoms with E-state index in [0.717, 1.165) is 11.3 Å². The first kappa shape index (κ1) is 15.2. The minimum atomic E-state index is -0.747. The van der Waals surface area contributed by atoms with E-state index in [1.807, 2.05) is 24.3 Å². The van der Waals surface area contributed by atoms with Gasteiger partial charge in [-0.2, -0.15) is 0 Å². The third-order valence-electron chi connectivity index (χ3n) is 3.46. The van der Waals surface area contributed by atoms with Gasteiger partial charge in [-0.15, -0.1) is 11.8 Å². The van der Waals surface area contributed by atoms with Gasteiger partial charge in [-0.1, -0.05) is 12.1 Å². The molecule has 4 nitrogen and oxygen atoms in total. The highest BCUT2D eigenvalue weighted by Crippen LogP contribution is 2.45. The van der Waals surface area contributed by atoms with Crippen molar-refractivity contribution in [1.82, 2.24) is 4.90 Å². The largest absolute Gasteiger partial charge is 0.497 e.